The number of halogens is 1. The van der Waals surface area contributed by atoms with Crippen molar-refractivity contribution in [3.05, 3.63) is 47.8 Å². The van der Waals surface area contributed by atoms with Crippen LogP contribution in [0.2, 0.25) is 0 Å². The molecular weight excluding hydrogens is 233 g/mol. The molecule has 0 saturated carbocycles. The van der Waals surface area contributed by atoms with Crippen molar-refractivity contribution in [2.75, 3.05) is 5.32 Å². The Morgan fingerprint density at radius 2 is 1.78 bits per heavy atom. The van der Waals surface area contributed by atoms with E-state index in [2.05, 4.69) is 5.32 Å². The smallest absolute Gasteiger partial charge is 0.159 e. The number of carbonyl (C=O) groups is 1. The monoisotopic (exact) mass is 243 g/mol. The Kier molecular flexibility index (Phi) is 2.30. The Hall–Kier alpha value is -2.36. The van der Waals surface area contributed by atoms with Crippen molar-refractivity contribution < 1.29 is 13.9 Å². The van der Waals surface area contributed by atoms with E-state index in [0.717, 1.165) is 0 Å². The highest BCUT2D eigenvalue weighted by molar-refractivity contribution is 5.96. The van der Waals surface area contributed by atoms with E-state index in [-0.39, 0.29) is 11.6 Å². The van der Waals surface area contributed by atoms with Crippen molar-refractivity contribution in [1.29, 1.82) is 0 Å². The van der Waals surface area contributed by atoms with Crippen LogP contribution in [0.1, 0.15) is 17.3 Å². The first-order valence-electron chi connectivity index (χ1n) is 5.53. The number of rotatable bonds is 1. The molecule has 2 aromatic carbocycles. The summed E-state index contributed by atoms with van der Waals surface area (Å²) in [5.74, 6) is 0.833. The van der Waals surface area contributed by atoms with Crippen LogP contribution in [-0.4, -0.2) is 5.78 Å². The highest BCUT2D eigenvalue weighted by atomic mass is 19.1. The summed E-state index contributed by atoms with van der Waals surface area (Å²) in [7, 11) is 0. The summed E-state index contributed by atoms with van der Waals surface area (Å²) in [5.41, 5.74) is 1.81. The molecule has 0 atom stereocenters. The molecule has 0 spiro atoms. The number of carbonyl (C=O) groups excluding carboxylic acids is 1. The molecule has 0 fully saturated rings. The van der Waals surface area contributed by atoms with Gasteiger partial charge >= 0.3 is 0 Å². The molecule has 0 amide bonds. The molecule has 1 aliphatic rings. The topological polar surface area (TPSA) is 38.3 Å². The molecule has 0 unspecified atom stereocenters. The van der Waals surface area contributed by atoms with Gasteiger partial charge in [0.1, 0.15) is 5.82 Å². The number of Topliss-reactive ketones (excluding diaryl/α,β-unsaturated/α-hetero) is 1. The predicted molar refractivity (Wildman–Crippen MR) is 66.2 cm³/mol. The third-order valence-electron chi connectivity index (χ3n) is 2.82. The second-order valence-electron chi connectivity index (χ2n) is 4.13. The fourth-order valence-corrected chi connectivity index (χ4v) is 1.89. The Morgan fingerprint density at radius 3 is 2.50 bits per heavy atom. The van der Waals surface area contributed by atoms with Gasteiger partial charge in [-0.15, -0.1) is 0 Å². The number of fused-ring (bicyclic) bond motifs is 2. The molecule has 1 aliphatic heterocycles. The summed E-state index contributed by atoms with van der Waals surface area (Å²) < 4.78 is 18.8. The van der Waals surface area contributed by atoms with Crippen LogP contribution >= 0.6 is 0 Å². The predicted octanol–water partition coefficient (Wildman–Crippen LogP) is 3.88. The zero-order chi connectivity index (χ0) is 12.7. The van der Waals surface area contributed by atoms with Crippen molar-refractivity contribution in [1.82, 2.24) is 0 Å². The lowest BCUT2D eigenvalue weighted by Gasteiger charge is -2.22. The fraction of sp³-hybridized carbons (Fsp3) is 0.0714. The average Bonchev–Trinajstić information content (AvgIpc) is 2.35. The lowest BCUT2D eigenvalue weighted by molar-refractivity contribution is 0.101. The number of ketones is 1. The first-order chi connectivity index (χ1) is 8.63. The third-order valence-corrected chi connectivity index (χ3v) is 2.82. The summed E-state index contributed by atoms with van der Waals surface area (Å²) >= 11 is 0. The number of nitrogens with one attached hydrogen (secondary N) is 1. The minimum absolute atomic E-state index is 0.0235. The van der Waals surface area contributed by atoms with Crippen LogP contribution in [0.5, 0.6) is 11.5 Å². The first-order valence-corrected chi connectivity index (χ1v) is 5.53. The molecule has 0 saturated heterocycles. The van der Waals surface area contributed by atoms with Gasteiger partial charge in [0.2, 0.25) is 0 Å². The highest BCUT2D eigenvalue weighted by Gasteiger charge is 2.17. The van der Waals surface area contributed by atoms with Crippen molar-refractivity contribution in [3.63, 3.8) is 0 Å². The maximum absolute atomic E-state index is 13.1. The minimum Gasteiger partial charge on any atom is -0.453 e. The molecule has 0 aromatic heterocycles. The van der Waals surface area contributed by atoms with Crippen molar-refractivity contribution >= 4 is 17.2 Å². The first kappa shape index (κ1) is 10.8. The van der Waals surface area contributed by atoms with Crippen LogP contribution in [0.3, 0.4) is 0 Å². The molecule has 0 aliphatic carbocycles. The van der Waals surface area contributed by atoms with Crippen LogP contribution in [0.4, 0.5) is 15.8 Å². The molecule has 1 N–H and O–H groups in total. The number of hydrogen-bond acceptors (Lipinski definition) is 3. The number of ether oxygens (including phenoxy) is 1. The van der Waals surface area contributed by atoms with Crippen molar-refractivity contribution in [3.8, 4) is 11.5 Å². The van der Waals surface area contributed by atoms with Crippen molar-refractivity contribution in [2.45, 2.75) is 6.92 Å². The van der Waals surface area contributed by atoms with Gasteiger partial charge in [-0.2, -0.15) is 0 Å². The van der Waals surface area contributed by atoms with Gasteiger partial charge in [0.15, 0.2) is 17.3 Å². The van der Waals surface area contributed by atoms with Gasteiger partial charge in [-0.05, 0) is 37.3 Å². The van der Waals surface area contributed by atoms with E-state index in [4.69, 9.17) is 4.74 Å². The summed E-state index contributed by atoms with van der Waals surface area (Å²) in [6.07, 6.45) is 0. The van der Waals surface area contributed by atoms with E-state index in [9.17, 15) is 9.18 Å². The van der Waals surface area contributed by atoms with Gasteiger partial charge in [-0.25, -0.2) is 4.39 Å². The molecule has 3 rings (SSSR count). The second kappa shape index (κ2) is 3.84. The Morgan fingerprint density at radius 1 is 1.11 bits per heavy atom. The number of benzene rings is 2. The second-order valence-corrected chi connectivity index (χ2v) is 4.13. The lowest BCUT2D eigenvalue weighted by atomic mass is 10.1. The van der Waals surface area contributed by atoms with Gasteiger partial charge in [0, 0.05) is 11.6 Å². The van der Waals surface area contributed by atoms with E-state index in [1.54, 1.807) is 24.3 Å². The molecule has 3 nitrogen and oxygen atoms in total. The van der Waals surface area contributed by atoms with Crippen LogP contribution in [-0.2, 0) is 0 Å². The summed E-state index contributed by atoms with van der Waals surface area (Å²) in [4.78, 5) is 11.3. The van der Waals surface area contributed by atoms with E-state index in [1.807, 2.05) is 0 Å². The third kappa shape index (κ3) is 1.72. The quantitative estimate of drug-likeness (QED) is 0.659. The van der Waals surface area contributed by atoms with Crippen molar-refractivity contribution in [2.24, 2.45) is 0 Å². The molecule has 90 valence electrons. The van der Waals surface area contributed by atoms with Gasteiger partial charge in [-0.3, -0.25) is 4.79 Å². The fourth-order valence-electron chi connectivity index (χ4n) is 1.89. The maximum atomic E-state index is 13.1. The normalized spacial score (nSPS) is 11.9. The Bertz CT molecular complexity index is 652. The molecule has 4 heteroatoms. The van der Waals surface area contributed by atoms with Gasteiger partial charge in [0.05, 0.1) is 11.4 Å². The SMILES string of the molecule is CC(=O)c1ccc2c(c1)Nc1cc(F)ccc1O2. The van der Waals surface area contributed by atoms with Gasteiger partial charge in [0.25, 0.3) is 0 Å². The molecule has 0 bridgehead atoms. The number of hydrogen-bond donors (Lipinski definition) is 1. The molecule has 18 heavy (non-hydrogen) atoms. The van der Waals surface area contributed by atoms with Gasteiger partial charge in [-0.1, -0.05) is 0 Å². The van der Waals surface area contributed by atoms with Crippen LogP contribution in [0.15, 0.2) is 36.4 Å². The largest absolute Gasteiger partial charge is 0.453 e. The minimum atomic E-state index is -0.337. The van der Waals surface area contributed by atoms with E-state index in [0.29, 0.717) is 28.4 Å². The highest BCUT2D eigenvalue weighted by Crippen LogP contribution is 2.42. The maximum Gasteiger partial charge on any atom is 0.159 e. The molecule has 1 heterocycles. The Balaban J connectivity index is 2.05. The average molecular weight is 243 g/mol. The van der Waals surface area contributed by atoms with E-state index in [1.165, 1.54) is 19.1 Å². The summed E-state index contributed by atoms with van der Waals surface area (Å²) in [6.45, 7) is 1.50. The Labute approximate surface area is 103 Å². The van der Waals surface area contributed by atoms with Crippen LogP contribution in [0, 0.1) is 5.82 Å². The summed E-state index contributed by atoms with van der Waals surface area (Å²) in [5, 5.41) is 3.06. The van der Waals surface area contributed by atoms with Gasteiger partial charge < -0.3 is 10.1 Å². The lowest BCUT2D eigenvalue weighted by Crippen LogP contribution is -2.04. The summed E-state index contributed by atoms with van der Waals surface area (Å²) in [6, 6.07) is 9.40. The zero-order valence-corrected chi connectivity index (χ0v) is 9.66. The standard InChI is InChI=1S/C14H10FNO2/c1-8(17)9-2-4-13-11(6-9)16-12-7-10(15)3-5-14(12)18-13/h2-7,16H,1H3. The number of anilines is 2. The molecular formula is C14H10FNO2. The molecule has 0 radical (unpaired) electrons. The van der Waals surface area contributed by atoms with Crippen LogP contribution in [0.25, 0.3) is 0 Å². The van der Waals surface area contributed by atoms with E-state index >= 15 is 0 Å². The van der Waals surface area contributed by atoms with E-state index < -0.39 is 0 Å². The van der Waals surface area contributed by atoms with Crippen LogP contribution < -0.4 is 10.1 Å². The zero-order valence-electron chi connectivity index (χ0n) is 9.66. The molecule has 2 aromatic rings.